The molecular formula is C22H33NO5. The molecule has 2 N–H and O–H groups in total. The number of Topliss-reactive ketones (excluding diaryl/α,β-unsaturated/α-hetero) is 1. The molecule has 156 valence electrons. The molecule has 0 aliphatic carbocycles. The molecule has 6 nitrogen and oxygen atoms in total. The van der Waals surface area contributed by atoms with Gasteiger partial charge in [0.1, 0.15) is 0 Å². The van der Waals surface area contributed by atoms with E-state index >= 15 is 0 Å². The van der Waals surface area contributed by atoms with Crippen molar-refractivity contribution in [2.45, 2.75) is 52.5 Å². The highest BCUT2D eigenvalue weighted by molar-refractivity contribution is 6.07. The number of carbonyl (C=O) groups is 3. The van der Waals surface area contributed by atoms with Gasteiger partial charge in [-0.15, -0.1) is 0 Å². The number of amides is 1. The maximum atomic E-state index is 12.2. The molecule has 6 heteroatoms. The van der Waals surface area contributed by atoms with Crippen molar-refractivity contribution in [3.8, 4) is 0 Å². The molecule has 0 rings (SSSR count). The van der Waals surface area contributed by atoms with Crippen molar-refractivity contribution >= 4 is 17.7 Å². The highest BCUT2D eigenvalue weighted by Gasteiger charge is 2.27. The lowest BCUT2D eigenvalue weighted by atomic mass is 9.99. The summed E-state index contributed by atoms with van der Waals surface area (Å²) in [6.45, 7) is 5.07. The molecule has 0 aromatic rings. The van der Waals surface area contributed by atoms with Gasteiger partial charge < -0.3 is 15.1 Å². The zero-order chi connectivity index (χ0) is 21.5. The van der Waals surface area contributed by atoms with Crippen molar-refractivity contribution in [2.24, 2.45) is 5.92 Å². The molecule has 0 bridgehead atoms. The monoisotopic (exact) mass is 391 g/mol. The van der Waals surface area contributed by atoms with Gasteiger partial charge in [-0.25, -0.2) is 4.79 Å². The van der Waals surface area contributed by atoms with Crippen molar-refractivity contribution in [1.82, 2.24) is 4.90 Å². The van der Waals surface area contributed by atoms with Gasteiger partial charge in [-0.2, -0.15) is 0 Å². The van der Waals surface area contributed by atoms with Gasteiger partial charge in [0.25, 0.3) is 0 Å². The highest BCUT2D eigenvalue weighted by Crippen LogP contribution is 2.13. The van der Waals surface area contributed by atoms with Crippen LogP contribution in [0.15, 0.2) is 48.1 Å². The van der Waals surface area contributed by atoms with Crippen LogP contribution in [0.1, 0.15) is 46.5 Å². The molecule has 0 heterocycles. The first-order valence-electron chi connectivity index (χ1n) is 9.48. The first-order valence-corrected chi connectivity index (χ1v) is 9.48. The summed E-state index contributed by atoms with van der Waals surface area (Å²) in [5, 5.41) is 18.0. The van der Waals surface area contributed by atoms with Crippen molar-refractivity contribution in [2.75, 3.05) is 13.7 Å². The number of likely N-dealkylation sites (N-methyl/N-ethyl adjacent to an activating group) is 1. The summed E-state index contributed by atoms with van der Waals surface area (Å²) >= 11 is 0. The van der Waals surface area contributed by atoms with E-state index in [0.717, 1.165) is 24.2 Å². The van der Waals surface area contributed by atoms with Crippen molar-refractivity contribution in [1.29, 1.82) is 0 Å². The van der Waals surface area contributed by atoms with Gasteiger partial charge in [0.05, 0.1) is 13.0 Å². The van der Waals surface area contributed by atoms with Gasteiger partial charge in [-0.1, -0.05) is 49.5 Å². The minimum absolute atomic E-state index is 0.333. The molecule has 0 radical (unpaired) electrons. The molecule has 1 amide bonds. The third-order valence-electron chi connectivity index (χ3n) is 4.38. The van der Waals surface area contributed by atoms with Crippen molar-refractivity contribution in [3.63, 3.8) is 0 Å². The summed E-state index contributed by atoms with van der Waals surface area (Å²) in [7, 11) is 1.27. The third-order valence-corrected chi connectivity index (χ3v) is 4.38. The SMILES string of the molecule is C/C=C/C=C/C=C/C[C@H](C)CC/C=C(\C)C(=O)CC(=O)N(C)[C@@H](CO)C(=O)O. The number of carbonyl (C=O) groups excluding carboxylic acids is 2. The standard InChI is InChI=1S/C22H33NO5/c1-5-6-7-8-9-10-12-17(2)13-11-14-18(3)20(25)15-21(26)23(4)19(16-24)22(27)28/h5-10,14,17,19,24H,11-13,15-16H2,1-4H3,(H,27,28)/b6-5+,8-7+,10-9+,18-14+/t17-,19-/m0/s1. The zero-order valence-electron chi connectivity index (χ0n) is 17.3. The number of hydrogen-bond acceptors (Lipinski definition) is 4. The number of carboxylic acid groups (broad SMARTS) is 1. The van der Waals surface area contributed by atoms with E-state index in [1.165, 1.54) is 7.05 Å². The molecule has 28 heavy (non-hydrogen) atoms. The predicted octanol–water partition coefficient (Wildman–Crippen LogP) is 3.29. The first kappa shape index (κ1) is 25.5. The summed E-state index contributed by atoms with van der Waals surface area (Å²) in [6.07, 6.45) is 16.0. The van der Waals surface area contributed by atoms with Gasteiger partial charge in [-0.3, -0.25) is 9.59 Å². The topological polar surface area (TPSA) is 94.9 Å². The zero-order valence-corrected chi connectivity index (χ0v) is 17.3. The van der Waals surface area contributed by atoms with Crippen LogP contribution in [0.4, 0.5) is 0 Å². The quantitative estimate of drug-likeness (QED) is 0.285. The van der Waals surface area contributed by atoms with E-state index in [4.69, 9.17) is 10.2 Å². The average Bonchev–Trinajstić information content (AvgIpc) is 2.64. The van der Waals surface area contributed by atoms with Crippen molar-refractivity contribution in [3.05, 3.63) is 48.1 Å². The maximum absolute atomic E-state index is 12.2. The second-order valence-corrected chi connectivity index (χ2v) is 6.79. The van der Waals surface area contributed by atoms with E-state index in [9.17, 15) is 14.4 Å². The number of nitrogens with zero attached hydrogens (tertiary/aromatic N) is 1. The molecule has 0 aliphatic rings. The predicted molar refractivity (Wildman–Crippen MR) is 111 cm³/mol. The summed E-state index contributed by atoms with van der Waals surface area (Å²) in [5.74, 6) is -1.79. The second kappa shape index (κ2) is 14.6. The largest absolute Gasteiger partial charge is 0.480 e. The Kier molecular flexibility index (Phi) is 13.3. The lowest BCUT2D eigenvalue weighted by molar-refractivity contribution is -0.151. The molecule has 0 aromatic carbocycles. The number of aliphatic hydroxyl groups is 1. The van der Waals surface area contributed by atoms with Gasteiger partial charge in [0.2, 0.25) is 5.91 Å². The fraction of sp³-hybridized carbons (Fsp3) is 0.500. The van der Waals surface area contributed by atoms with E-state index in [1.807, 2.05) is 43.4 Å². The molecule has 0 unspecified atom stereocenters. The Hall–Kier alpha value is -2.47. The Morgan fingerprint density at radius 3 is 2.32 bits per heavy atom. The Bertz CT molecular complexity index is 631. The molecule has 0 fully saturated rings. The Morgan fingerprint density at radius 1 is 1.11 bits per heavy atom. The minimum atomic E-state index is -1.34. The van der Waals surface area contributed by atoms with Gasteiger partial charge in [-0.05, 0) is 44.6 Å². The Labute approximate surface area is 167 Å². The van der Waals surface area contributed by atoms with E-state index in [-0.39, 0.29) is 5.78 Å². The third kappa shape index (κ3) is 10.6. The smallest absolute Gasteiger partial charge is 0.328 e. The summed E-state index contributed by atoms with van der Waals surface area (Å²) < 4.78 is 0. The summed E-state index contributed by atoms with van der Waals surface area (Å²) in [6, 6.07) is -1.34. The number of rotatable bonds is 13. The molecule has 0 aromatic heterocycles. The molecule has 0 aliphatic heterocycles. The van der Waals surface area contributed by atoms with Crippen LogP contribution in [-0.2, 0) is 14.4 Å². The molecule has 2 atom stereocenters. The van der Waals surface area contributed by atoms with Crippen LogP contribution in [0.2, 0.25) is 0 Å². The van der Waals surface area contributed by atoms with E-state index in [0.29, 0.717) is 11.5 Å². The van der Waals surface area contributed by atoms with Crippen LogP contribution >= 0.6 is 0 Å². The van der Waals surface area contributed by atoms with Crippen LogP contribution in [0.5, 0.6) is 0 Å². The van der Waals surface area contributed by atoms with Crippen molar-refractivity contribution < 1.29 is 24.6 Å². The number of allylic oxidation sites excluding steroid dienone is 8. The number of aliphatic hydroxyl groups excluding tert-OH is 1. The van der Waals surface area contributed by atoms with Gasteiger partial charge in [0, 0.05) is 7.05 Å². The molecule has 0 saturated heterocycles. The first-order chi connectivity index (χ1) is 13.2. The minimum Gasteiger partial charge on any atom is -0.480 e. The Morgan fingerprint density at radius 2 is 1.75 bits per heavy atom. The number of aliphatic carboxylic acids is 1. The number of ketones is 1. The fourth-order valence-electron chi connectivity index (χ4n) is 2.39. The summed E-state index contributed by atoms with van der Waals surface area (Å²) in [4.78, 5) is 36.1. The summed E-state index contributed by atoms with van der Waals surface area (Å²) in [5.41, 5.74) is 0.495. The van der Waals surface area contributed by atoms with Crippen LogP contribution < -0.4 is 0 Å². The molecule has 0 saturated carbocycles. The molecule has 0 spiro atoms. The van der Waals surface area contributed by atoms with Crippen LogP contribution in [0.25, 0.3) is 0 Å². The highest BCUT2D eigenvalue weighted by atomic mass is 16.4. The maximum Gasteiger partial charge on any atom is 0.328 e. The van der Waals surface area contributed by atoms with Crippen LogP contribution in [0.3, 0.4) is 0 Å². The lowest BCUT2D eigenvalue weighted by Crippen LogP contribution is -2.45. The van der Waals surface area contributed by atoms with E-state index < -0.39 is 30.9 Å². The Balaban J connectivity index is 4.42. The van der Waals surface area contributed by atoms with Gasteiger partial charge >= 0.3 is 5.97 Å². The number of carboxylic acids is 1. The normalized spacial score (nSPS) is 14.7. The lowest BCUT2D eigenvalue weighted by Gasteiger charge is -2.22. The molecular weight excluding hydrogens is 358 g/mol. The average molecular weight is 392 g/mol. The van der Waals surface area contributed by atoms with Crippen LogP contribution in [0, 0.1) is 5.92 Å². The van der Waals surface area contributed by atoms with E-state index in [1.54, 1.807) is 6.92 Å². The second-order valence-electron chi connectivity index (χ2n) is 6.79. The van der Waals surface area contributed by atoms with E-state index in [2.05, 4.69) is 13.0 Å². The van der Waals surface area contributed by atoms with Gasteiger partial charge in [0.15, 0.2) is 11.8 Å². The van der Waals surface area contributed by atoms with Crippen LogP contribution in [-0.4, -0.2) is 52.5 Å². The fourth-order valence-corrected chi connectivity index (χ4v) is 2.39. The number of hydrogen-bond donors (Lipinski definition) is 2.